The quantitative estimate of drug-likeness (QED) is 0.259. The number of carbonyl (C=O) groups excluding carboxylic acids is 2. The second kappa shape index (κ2) is 19.6. The summed E-state index contributed by atoms with van der Waals surface area (Å²) in [6.45, 7) is 15.4. The van der Waals surface area contributed by atoms with E-state index in [0.717, 1.165) is 49.1 Å². The third kappa shape index (κ3) is 12.6. The summed E-state index contributed by atoms with van der Waals surface area (Å²) < 4.78 is 25.3. The van der Waals surface area contributed by atoms with Crippen molar-refractivity contribution in [3.63, 3.8) is 0 Å². The van der Waals surface area contributed by atoms with E-state index in [1.807, 2.05) is 89.2 Å². The van der Waals surface area contributed by atoms with E-state index in [9.17, 15) is 13.8 Å². The number of nitrogens with one attached hydrogen (secondary N) is 1. The average Bonchev–Trinajstić information content (AvgIpc) is 3.01. The summed E-state index contributed by atoms with van der Waals surface area (Å²) in [5, 5.41) is 4.95. The van der Waals surface area contributed by atoms with Gasteiger partial charge in [-0.25, -0.2) is 8.51 Å². The molecule has 2 aromatic carbocycles. The molecule has 2 aromatic rings. The highest BCUT2D eigenvalue weighted by Gasteiger charge is 2.46. The SMILES string of the molecule is C.CCOC(=O)C1(C)CCC(Cc2ccc(Cl)cc2)N([S@@](=O)C(C)(C)C)C1.CCOC(=O)C1(C)CCC(Cc2ccc(Cl)cc2)NC1.Cl. The maximum Gasteiger partial charge on any atom is 0.313 e. The maximum absolute atomic E-state index is 13.2. The number of hydrogen-bond acceptors (Lipinski definition) is 6. The Morgan fingerprint density at radius 2 is 1.31 bits per heavy atom. The van der Waals surface area contributed by atoms with E-state index in [1.54, 1.807) is 0 Å². The molecule has 2 aliphatic heterocycles. The van der Waals surface area contributed by atoms with Crippen LogP contribution < -0.4 is 5.32 Å². The third-order valence-corrected chi connectivity index (χ3v) is 11.2. The van der Waals surface area contributed by atoms with Gasteiger partial charge in [0, 0.05) is 35.2 Å². The number of halogens is 3. The van der Waals surface area contributed by atoms with Crippen molar-refractivity contribution in [3.05, 3.63) is 69.7 Å². The zero-order valence-electron chi connectivity index (χ0n) is 28.9. The Labute approximate surface area is 308 Å². The normalized spacial score (nSPS) is 24.9. The van der Waals surface area contributed by atoms with Gasteiger partial charge in [-0.3, -0.25) is 9.59 Å². The van der Waals surface area contributed by atoms with Crippen LogP contribution in [0.3, 0.4) is 0 Å². The number of piperidine rings is 2. The minimum atomic E-state index is -1.20. The molecular formula is C37H57Cl3N2O5S. The van der Waals surface area contributed by atoms with Crippen LogP contribution in [0.25, 0.3) is 0 Å². The Bertz CT molecular complexity index is 1310. The third-order valence-electron chi connectivity index (χ3n) is 8.82. The van der Waals surface area contributed by atoms with Crippen molar-refractivity contribution in [2.45, 2.75) is 111 Å². The predicted molar refractivity (Wildman–Crippen MR) is 202 cm³/mol. The fraction of sp³-hybridized carbons (Fsp3) is 0.622. The smallest absolute Gasteiger partial charge is 0.313 e. The molecule has 2 fully saturated rings. The first kappa shape index (κ1) is 44.3. The second-order valence-electron chi connectivity index (χ2n) is 14.0. The van der Waals surface area contributed by atoms with Crippen LogP contribution >= 0.6 is 35.6 Å². The zero-order chi connectivity index (χ0) is 34.1. The molecule has 5 atom stereocenters. The summed E-state index contributed by atoms with van der Waals surface area (Å²) in [5.41, 5.74) is 1.43. The first-order valence-electron chi connectivity index (χ1n) is 16.4. The summed E-state index contributed by atoms with van der Waals surface area (Å²) in [6.07, 6.45) is 5.16. The molecule has 7 nitrogen and oxygen atoms in total. The largest absolute Gasteiger partial charge is 0.466 e. The van der Waals surface area contributed by atoms with Gasteiger partial charge >= 0.3 is 11.9 Å². The van der Waals surface area contributed by atoms with Gasteiger partial charge in [-0.05, 0) is 122 Å². The number of carbonyl (C=O) groups is 2. The van der Waals surface area contributed by atoms with Crippen molar-refractivity contribution in [2.75, 3.05) is 26.3 Å². The number of rotatable bonds is 9. The van der Waals surface area contributed by atoms with E-state index in [-0.39, 0.29) is 48.0 Å². The van der Waals surface area contributed by atoms with Gasteiger partial charge in [-0.1, -0.05) is 54.9 Å². The molecule has 11 heteroatoms. The van der Waals surface area contributed by atoms with Gasteiger partial charge in [-0.15, -0.1) is 12.4 Å². The Morgan fingerprint density at radius 1 is 0.854 bits per heavy atom. The monoisotopic (exact) mass is 746 g/mol. The van der Waals surface area contributed by atoms with Gasteiger partial charge in [0.15, 0.2) is 0 Å². The van der Waals surface area contributed by atoms with Crippen molar-refractivity contribution < 1.29 is 23.3 Å². The fourth-order valence-electron chi connectivity index (χ4n) is 5.91. The van der Waals surface area contributed by atoms with Crippen LogP contribution in [-0.4, -0.2) is 63.6 Å². The lowest BCUT2D eigenvalue weighted by Gasteiger charge is -2.45. The molecule has 4 rings (SSSR count). The van der Waals surface area contributed by atoms with Crippen LogP contribution in [0.5, 0.6) is 0 Å². The average molecular weight is 748 g/mol. The molecule has 0 saturated carbocycles. The summed E-state index contributed by atoms with van der Waals surface area (Å²) >= 11 is 11.9. The molecule has 0 spiro atoms. The first-order valence-corrected chi connectivity index (χ1v) is 18.2. The minimum Gasteiger partial charge on any atom is -0.466 e. The molecule has 272 valence electrons. The van der Waals surface area contributed by atoms with Crippen molar-refractivity contribution in [1.82, 2.24) is 9.62 Å². The van der Waals surface area contributed by atoms with Crippen molar-refractivity contribution >= 4 is 58.5 Å². The molecule has 2 saturated heterocycles. The van der Waals surface area contributed by atoms with Crippen LogP contribution in [0, 0.1) is 10.8 Å². The molecule has 1 N–H and O–H groups in total. The van der Waals surface area contributed by atoms with E-state index in [2.05, 4.69) is 17.4 Å². The highest BCUT2D eigenvalue weighted by Crippen LogP contribution is 2.38. The Balaban J connectivity index is 0.000000475. The standard InChI is InChI=1S/C20H30ClNO3S.C16H22ClNO2.CH4.ClH/c1-6-25-18(23)20(5)12-11-17(13-15-7-9-16(21)10-8-15)22(14-20)26(24)19(2,3)4;1-3-20-15(19)16(2)9-8-14(18-11-16)10-12-4-6-13(17)7-5-12;;/h7-10,17H,6,11-14H2,1-5H3;4-7,14,18H,3,8-11H2,1-2H3;1H4;1H/t17?,20?,26-;;;/m0.../s1. The summed E-state index contributed by atoms with van der Waals surface area (Å²) in [7, 11) is -1.20. The van der Waals surface area contributed by atoms with E-state index >= 15 is 0 Å². The van der Waals surface area contributed by atoms with E-state index in [0.29, 0.717) is 37.4 Å². The maximum atomic E-state index is 13.2. The van der Waals surface area contributed by atoms with E-state index in [1.165, 1.54) is 5.56 Å². The molecule has 2 aliphatic rings. The van der Waals surface area contributed by atoms with Gasteiger partial charge in [0.1, 0.15) is 0 Å². The predicted octanol–water partition coefficient (Wildman–Crippen LogP) is 8.64. The lowest BCUT2D eigenvalue weighted by molar-refractivity contribution is -0.157. The van der Waals surface area contributed by atoms with E-state index < -0.39 is 16.4 Å². The highest BCUT2D eigenvalue weighted by molar-refractivity contribution is 7.84. The van der Waals surface area contributed by atoms with Crippen LogP contribution in [0.4, 0.5) is 0 Å². The number of nitrogens with zero attached hydrogens (tertiary/aromatic N) is 1. The van der Waals surface area contributed by atoms with Crippen molar-refractivity contribution in [2.24, 2.45) is 10.8 Å². The lowest BCUT2D eigenvalue weighted by Crippen LogP contribution is -2.55. The zero-order valence-corrected chi connectivity index (χ0v) is 32.1. The van der Waals surface area contributed by atoms with E-state index in [4.69, 9.17) is 32.7 Å². The molecule has 0 bridgehead atoms. The molecule has 0 aromatic heterocycles. The lowest BCUT2D eigenvalue weighted by atomic mass is 9.79. The molecule has 2 heterocycles. The van der Waals surface area contributed by atoms with Crippen LogP contribution in [0.1, 0.15) is 92.7 Å². The molecule has 48 heavy (non-hydrogen) atoms. The molecular weight excluding hydrogens is 691 g/mol. The molecule has 0 radical (unpaired) electrons. The molecule has 0 aliphatic carbocycles. The van der Waals surface area contributed by atoms with Gasteiger partial charge < -0.3 is 14.8 Å². The number of esters is 2. The topological polar surface area (TPSA) is 84.9 Å². The Hall–Kier alpha value is -1.68. The van der Waals surface area contributed by atoms with Crippen molar-refractivity contribution in [1.29, 1.82) is 0 Å². The van der Waals surface area contributed by atoms with Gasteiger partial charge in [0.25, 0.3) is 0 Å². The summed E-state index contributed by atoms with van der Waals surface area (Å²) in [4.78, 5) is 24.4. The summed E-state index contributed by atoms with van der Waals surface area (Å²) in [6, 6.07) is 16.3. The minimum absolute atomic E-state index is 0. The Kier molecular flexibility index (Phi) is 18.1. The molecule has 4 unspecified atom stereocenters. The number of ether oxygens (including phenoxy) is 2. The van der Waals surface area contributed by atoms with Crippen molar-refractivity contribution in [3.8, 4) is 0 Å². The Morgan fingerprint density at radius 3 is 1.75 bits per heavy atom. The van der Waals surface area contributed by atoms with Crippen LogP contribution in [-0.2, 0) is 42.9 Å². The first-order chi connectivity index (χ1) is 21.6. The molecule has 0 amide bonds. The van der Waals surface area contributed by atoms with Crippen LogP contribution in [0.2, 0.25) is 10.0 Å². The number of hydrogen-bond donors (Lipinski definition) is 1. The van der Waals surface area contributed by atoms with Gasteiger partial charge in [-0.2, -0.15) is 0 Å². The van der Waals surface area contributed by atoms with Gasteiger partial charge in [0.2, 0.25) is 0 Å². The summed E-state index contributed by atoms with van der Waals surface area (Å²) in [5.74, 6) is -0.279. The fourth-order valence-corrected chi connectivity index (χ4v) is 7.72. The number of benzene rings is 2. The highest BCUT2D eigenvalue weighted by atomic mass is 35.5. The van der Waals surface area contributed by atoms with Gasteiger partial charge in [0.05, 0.1) is 39.8 Å². The van der Waals surface area contributed by atoms with Crippen LogP contribution in [0.15, 0.2) is 48.5 Å². The second-order valence-corrected chi connectivity index (χ2v) is 17.0.